The van der Waals surface area contributed by atoms with Gasteiger partial charge in [-0.3, -0.25) is 0 Å². The molecular weight excluding hydrogens is 486 g/mol. The lowest BCUT2D eigenvalue weighted by atomic mass is 10.0. The average Bonchev–Trinajstić information content (AvgIpc) is 3.19. The van der Waals surface area contributed by atoms with Crippen molar-refractivity contribution in [3.05, 3.63) is 68.9 Å². The van der Waals surface area contributed by atoms with Gasteiger partial charge in [0.2, 0.25) is 0 Å². The van der Waals surface area contributed by atoms with E-state index in [2.05, 4.69) is 0 Å². The summed E-state index contributed by atoms with van der Waals surface area (Å²) >= 11 is 0. The van der Waals surface area contributed by atoms with Crippen LogP contribution < -0.4 is 11.3 Å². The molecule has 0 aliphatic rings. The van der Waals surface area contributed by atoms with E-state index in [1.165, 1.54) is 28.8 Å². The monoisotopic (exact) mass is 503 g/mol. The van der Waals surface area contributed by atoms with Gasteiger partial charge in [-0.1, -0.05) is 6.07 Å². The number of phenols is 6. The molecule has 3 heterocycles. The molecule has 0 saturated heterocycles. The molecule has 3 aromatic carbocycles. The molecule has 37 heavy (non-hydrogen) atoms. The minimum Gasteiger partial charge on any atom is -0.504 e. The zero-order valence-corrected chi connectivity index (χ0v) is 18.7. The zero-order chi connectivity index (χ0) is 26.2. The molecule has 0 atom stereocenters. The molecule has 0 aliphatic heterocycles. The second kappa shape index (κ2) is 7.59. The fourth-order valence-electron chi connectivity index (χ4n) is 4.73. The van der Waals surface area contributed by atoms with Crippen molar-refractivity contribution in [2.75, 3.05) is 0 Å². The molecule has 6 aromatic rings. The van der Waals surface area contributed by atoms with Gasteiger partial charge in [-0.05, 0) is 36.2 Å². The van der Waals surface area contributed by atoms with Gasteiger partial charge in [0.15, 0.2) is 34.5 Å². The van der Waals surface area contributed by atoms with E-state index in [9.17, 15) is 40.2 Å². The number of fused-ring (bicyclic) bond motifs is 7. The molecule has 0 saturated carbocycles. The fourth-order valence-corrected chi connectivity index (χ4v) is 4.73. The lowest BCUT2D eigenvalue weighted by Gasteiger charge is -2.08. The molecule has 186 valence electrons. The lowest BCUT2D eigenvalue weighted by Crippen LogP contribution is -2.13. The Balaban J connectivity index is 1.77. The number of rotatable bonds is 3. The quantitative estimate of drug-likeness (QED) is 0.154. The molecule has 6 N–H and O–H groups in total. The molecule has 0 aliphatic carbocycles. The van der Waals surface area contributed by atoms with Crippen LogP contribution in [0.4, 0.5) is 0 Å². The molecule has 0 amide bonds. The Kier molecular flexibility index (Phi) is 4.55. The van der Waals surface area contributed by atoms with Crippen LogP contribution in [0, 0.1) is 0 Å². The first-order chi connectivity index (χ1) is 17.6. The van der Waals surface area contributed by atoms with Crippen LogP contribution in [0.5, 0.6) is 34.5 Å². The van der Waals surface area contributed by atoms with Crippen molar-refractivity contribution in [1.29, 1.82) is 0 Å². The smallest absolute Gasteiger partial charge is 0.361 e. The van der Waals surface area contributed by atoms with E-state index in [1.54, 1.807) is 6.07 Å². The minimum absolute atomic E-state index is 0.0326. The van der Waals surface area contributed by atoms with Gasteiger partial charge in [0, 0.05) is 40.2 Å². The van der Waals surface area contributed by atoms with Gasteiger partial charge in [-0.2, -0.15) is 0 Å². The van der Waals surface area contributed by atoms with Crippen molar-refractivity contribution in [3.63, 3.8) is 0 Å². The first kappa shape index (κ1) is 22.2. The summed E-state index contributed by atoms with van der Waals surface area (Å²) in [4.78, 5) is 26.5. The summed E-state index contributed by atoms with van der Waals surface area (Å²) in [5.41, 5.74) is -1.28. The third kappa shape index (κ3) is 3.21. The summed E-state index contributed by atoms with van der Waals surface area (Å²) in [6.45, 7) is 0.0326. The van der Waals surface area contributed by atoms with E-state index < -0.39 is 34.2 Å². The van der Waals surface area contributed by atoms with Crippen LogP contribution in [0.25, 0.3) is 43.7 Å². The van der Waals surface area contributed by atoms with Gasteiger partial charge in [0.05, 0.1) is 0 Å². The summed E-state index contributed by atoms with van der Waals surface area (Å²) < 4.78 is 12.2. The van der Waals surface area contributed by atoms with E-state index in [0.717, 1.165) is 12.1 Å². The van der Waals surface area contributed by atoms with Crippen molar-refractivity contribution in [2.24, 2.45) is 0 Å². The van der Waals surface area contributed by atoms with Crippen LogP contribution in [0.2, 0.25) is 0 Å². The molecule has 0 spiro atoms. The van der Waals surface area contributed by atoms with Gasteiger partial charge >= 0.3 is 11.3 Å². The van der Waals surface area contributed by atoms with Crippen LogP contribution >= 0.6 is 0 Å². The van der Waals surface area contributed by atoms with Crippen molar-refractivity contribution in [1.82, 2.24) is 4.57 Å². The largest absolute Gasteiger partial charge is 0.504 e. The van der Waals surface area contributed by atoms with Crippen LogP contribution in [0.3, 0.4) is 0 Å². The van der Waals surface area contributed by atoms with E-state index in [0.29, 0.717) is 5.56 Å². The maximum Gasteiger partial charge on any atom is 0.361 e. The molecule has 11 heteroatoms. The highest BCUT2D eigenvalue weighted by molar-refractivity contribution is 6.26. The summed E-state index contributed by atoms with van der Waals surface area (Å²) in [5, 5.41) is 60.6. The Morgan fingerprint density at radius 2 is 1.05 bits per heavy atom. The minimum atomic E-state index is -0.840. The van der Waals surface area contributed by atoms with Crippen LogP contribution in [-0.2, 0) is 13.0 Å². The number of hydrogen-bond acceptors (Lipinski definition) is 10. The van der Waals surface area contributed by atoms with Crippen molar-refractivity contribution in [3.8, 4) is 34.5 Å². The molecule has 6 rings (SSSR count). The Morgan fingerprint density at radius 3 is 1.54 bits per heavy atom. The Labute approximate surface area is 204 Å². The molecule has 0 bridgehead atoms. The molecular formula is C26H17NO10. The summed E-state index contributed by atoms with van der Waals surface area (Å²) in [7, 11) is 0. The predicted molar refractivity (Wildman–Crippen MR) is 132 cm³/mol. The number of aryl methyl sites for hydroxylation is 2. The molecule has 0 unspecified atom stereocenters. The number of nitrogens with zero attached hydrogens (tertiary/aromatic N) is 1. The maximum atomic E-state index is 13.2. The second-order valence-electron chi connectivity index (χ2n) is 8.63. The number of phenolic OH excluding ortho intramolecular Hbond substituents is 6. The van der Waals surface area contributed by atoms with E-state index >= 15 is 0 Å². The highest BCUT2D eigenvalue weighted by atomic mass is 16.4. The number of hydrogen-bond donors (Lipinski definition) is 6. The van der Waals surface area contributed by atoms with E-state index in [-0.39, 0.29) is 68.2 Å². The van der Waals surface area contributed by atoms with Gasteiger partial charge in [0.25, 0.3) is 0 Å². The van der Waals surface area contributed by atoms with Crippen molar-refractivity contribution >= 4 is 43.7 Å². The molecule has 0 radical (unpaired) electrons. The zero-order valence-electron chi connectivity index (χ0n) is 18.7. The highest BCUT2D eigenvalue weighted by Gasteiger charge is 2.25. The summed E-state index contributed by atoms with van der Waals surface area (Å²) in [6, 6.07) is 8.76. The molecule has 0 fully saturated rings. The Morgan fingerprint density at radius 1 is 0.595 bits per heavy atom. The van der Waals surface area contributed by atoms with Gasteiger partial charge in [-0.15, -0.1) is 0 Å². The predicted octanol–water partition coefficient (Wildman–Crippen LogP) is 3.48. The number of benzene rings is 3. The SMILES string of the molecule is O=c1oc2cc(O)c(O)cc2c2c3c4cc(O)c(O)cc4oc(=O)c3n(CCc3ccc(O)c(O)c3)c12. The average molecular weight is 503 g/mol. The first-order valence-corrected chi connectivity index (χ1v) is 11.0. The molecule has 11 nitrogen and oxygen atoms in total. The van der Waals surface area contributed by atoms with Crippen molar-refractivity contribution < 1.29 is 39.5 Å². The summed E-state index contributed by atoms with van der Waals surface area (Å²) in [5.74, 6) is -2.64. The van der Waals surface area contributed by atoms with Gasteiger partial charge < -0.3 is 44.0 Å². The lowest BCUT2D eigenvalue weighted by molar-refractivity contribution is 0.403. The first-order valence-electron chi connectivity index (χ1n) is 11.0. The van der Waals surface area contributed by atoms with Crippen molar-refractivity contribution in [2.45, 2.75) is 13.0 Å². The van der Waals surface area contributed by atoms with E-state index in [4.69, 9.17) is 8.83 Å². The second-order valence-corrected chi connectivity index (χ2v) is 8.63. The topological polar surface area (TPSA) is 187 Å². The maximum absolute atomic E-state index is 13.2. The number of aromatic nitrogens is 1. The van der Waals surface area contributed by atoms with Gasteiger partial charge in [-0.25, -0.2) is 9.59 Å². The highest BCUT2D eigenvalue weighted by Crippen LogP contribution is 2.41. The Hall–Kier alpha value is -5.32. The van der Waals surface area contributed by atoms with Crippen LogP contribution in [-0.4, -0.2) is 35.2 Å². The number of aromatic hydroxyl groups is 6. The third-order valence-corrected chi connectivity index (χ3v) is 6.41. The molecule has 3 aromatic heterocycles. The summed E-state index contributed by atoms with van der Waals surface area (Å²) in [6.07, 6.45) is 0.212. The normalized spacial score (nSPS) is 11.8. The third-order valence-electron chi connectivity index (χ3n) is 6.41. The van der Waals surface area contributed by atoms with Gasteiger partial charge in [0.1, 0.15) is 22.2 Å². The standard InChI is InChI=1S/C26H17NO10/c28-13-2-1-10(5-14(13)29)3-4-27-23-21(11-6-15(30)17(32)8-19(11)36-25(23)34)22-12-7-16(31)18(33)9-20(12)37-26(35)24(22)27/h1-2,5-9,28-33H,3-4H2. The van der Waals surface area contributed by atoms with E-state index in [1.807, 2.05) is 0 Å². The van der Waals surface area contributed by atoms with Crippen LogP contribution in [0.1, 0.15) is 5.56 Å². The van der Waals surface area contributed by atoms with Crippen LogP contribution in [0.15, 0.2) is 60.9 Å². The fraction of sp³-hybridized carbons (Fsp3) is 0.0769. The Bertz CT molecular complexity index is 1930.